The highest BCUT2D eigenvalue weighted by molar-refractivity contribution is 9.10. The van der Waals surface area contributed by atoms with Gasteiger partial charge in [0.2, 0.25) is 0 Å². The summed E-state index contributed by atoms with van der Waals surface area (Å²) < 4.78 is 27.8. The summed E-state index contributed by atoms with van der Waals surface area (Å²) in [4.78, 5) is 4.28. The monoisotopic (exact) mass is 340 g/mol. The molecule has 0 aliphatic carbocycles. The predicted molar refractivity (Wildman–Crippen MR) is 78.7 cm³/mol. The molecule has 0 spiro atoms. The normalized spacial score (nSPS) is 11.3. The zero-order valence-corrected chi connectivity index (χ0v) is 12.9. The van der Waals surface area contributed by atoms with Gasteiger partial charge in [-0.3, -0.25) is 4.72 Å². The average Bonchev–Trinajstić information content (AvgIpc) is 2.31. The number of rotatable bonds is 3. The van der Waals surface area contributed by atoms with Crippen molar-refractivity contribution in [3.8, 4) is 0 Å². The Morgan fingerprint density at radius 1 is 1.16 bits per heavy atom. The van der Waals surface area contributed by atoms with E-state index in [1.54, 1.807) is 43.5 Å². The minimum atomic E-state index is -3.61. The Labute approximate surface area is 121 Å². The number of nitrogens with one attached hydrogen (secondary N) is 1. The van der Waals surface area contributed by atoms with Gasteiger partial charge in [-0.05, 0) is 49.2 Å². The number of anilines is 1. The van der Waals surface area contributed by atoms with Crippen molar-refractivity contribution in [2.45, 2.75) is 18.7 Å². The molecule has 0 bridgehead atoms. The standard InChI is InChI=1S/C13H13BrN2O2S/c1-9-3-6-13(15-8-9)16-19(17,18)12-5-4-11(14)7-10(12)2/h3-8H,1-2H3,(H,15,16). The van der Waals surface area contributed by atoms with Crippen molar-refractivity contribution in [1.82, 2.24) is 4.98 Å². The lowest BCUT2D eigenvalue weighted by atomic mass is 10.2. The van der Waals surface area contributed by atoms with Crippen molar-refractivity contribution in [1.29, 1.82) is 0 Å². The van der Waals surface area contributed by atoms with E-state index in [0.717, 1.165) is 10.0 Å². The molecule has 4 nitrogen and oxygen atoms in total. The van der Waals surface area contributed by atoms with E-state index in [4.69, 9.17) is 0 Å². The zero-order valence-electron chi connectivity index (χ0n) is 10.5. The van der Waals surface area contributed by atoms with Crippen molar-refractivity contribution >= 4 is 31.8 Å². The van der Waals surface area contributed by atoms with Gasteiger partial charge in [-0.2, -0.15) is 0 Å². The van der Waals surface area contributed by atoms with Crippen LogP contribution in [0.4, 0.5) is 5.82 Å². The highest BCUT2D eigenvalue weighted by Gasteiger charge is 2.17. The molecule has 0 aliphatic rings. The van der Waals surface area contributed by atoms with Crippen LogP contribution in [0, 0.1) is 13.8 Å². The number of sulfonamides is 1. The molecule has 0 saturated heterocycles. The van der Waals surface area contributed by atoms with E-state index < -0.39 is 10.0 Å². The molecular formula is C13H13BrN2O2S. The number of benzene rings is 1. The molecule has 0 atom stereocenters. The van der Waals surface area contributed by atoms with Gasteiger partial charge in [0, 0.05) is 10.7 Å². The molecule has 0 unspecified atom stereocenters. The van der Waals surface area contributed by atoms with Gasteiger partial charge in [0.05, 0.1) is 4.90 Å². The molecule has 19 heavy (non-hydrogen) atoms. The maximum absolute atomic E-state index is 12.3. The number of pyridine rings is 1. The summed E-state index contributed by atoms with van der Waals surface area (Å²) in [5.74, 6) is 0.313. The first-order valence-electron chi connectivity index (χ1n) is 5.60. The van der Waals surface area contributed by atoms with E-state index in [-0.39, 0.29) is 4.90 Å². The van der Waals surface area contributed by atoms with Crippen molar-refractivity contribution in [3.63, 3.8) is 0 Å². The first kappa shape index (κ1) is 14.0. The Morgan fingerprint density at radius 3 is 2.47 bits per heavy atom. The highest BCUT2D eigenvalue weighted by atomic mass is 79.9. The summed E-state index contributed by atoms with van der Waals surface area (Å²) in [5, 5.41) is 0. The molecule has 1 N–H and O–H groups in total. The third-order valence-corrected chi connectivity index (χ3v) is 4.58. The number of nitrogens with zero attached hydrogens (tertiary/aromatic N) is 1. The molecule has 2 rings (SSSR count). The van der Waals surface area contributed by atoms with Gasteiger partial charge >= 0.3 is 0 Å². The molecule has 100 valence electrons. The summed E-state index contributed by atoms with van der Waals surface area (Å²) >= 11 is 3.31. The summed E-state index contributed by atoms with van der Waals surface area (Å²) in [5.41, 5.74) is 1.65. The van der Waals surface area contributed by atoms with E-state index in [1.165, 1.54) is 0 Å². The van der Waals surface area contributed by atoms with Gasteiger partial charge in [0.15, 0.2) is 0 Å². The SMILES string of the molecule is Cc1ccc(NS(=O)(=O)c2ccc(Br)cc2C)nc1. The third-order valence-electron chi connectivity index (χ3n) is 2.58. The van der Waals surface area contributed by atoms with Crippen LogP contribution in [0.1, 0.15) is 11.1 Å². The van der Waals surface area contributed by atoms with Crippen molar-refractivity contribution in [2.24, 2.45) is 0 Å². The Hall–Kier alpha value is -1.40. The second kappa shape index (κ2) is 5.30. The zero-order chi connectivity index (χ0) is 14.0. The van der Waals surface area contributed by atoms with Crippen LogP contribution in [0.25, 0.3) is 0 Å². The minimum absolute atomic E-state index is 0.248. The van der Waals surface area contributed by atoms with Crippen molar-refractivity contribution in [3.05, 3.63) is 52.1 Å². The van der Waals surface area contributed by atoms with Gasteiger partial charge in [-0.15, -0.1) is 0 Å². The van der Waals surface area contributed by atoms with Crippen LogP contribution in [0.15, 0.2) is 45.9 Å². The van der Waals surface area contributed by atoms with Gasteiger partial charge in [-0.25, -0.2) is 13.4 Å². The largest absolute Gasteiger partial charge is 0.263 e. The Kier molecular flexibility index (Phi) is 3.91. The second-order valence-corrected chi connectivity index (χ2v) is 6.80. The van der Waals surface area contributed by atoms with E-state index in [1.807, 2.05) is 6.92 Å². The minimum Gasteiger partial charge on any atom is -0.263 e. The van der Waals surface area contributed by atoms with Gasteiger partial charge in [0.1, 0.15) is 5.82 Å². The fraction of sp³-hybridized carbons (Fsp3) is 0.154. The number of hydrogen-bond donors (Lipinski definition) is 1. The highest BCUT2D eigenvalue weighted by Crippen LogP contribution is 2.21. The molecule has 1 aromatic heterocycles. The van der Waals surface area contributed by atoms with Crippen LogP contribution < -0.4 is 4.72 Å². The van der Waals surface area contributed by atoms with E-state index >= 15 is 0 Å². The number of hydrogen-bond acceptors (Lipinski definition) is 3. The quantitative estimate of drug-likeness (QED) is 0.932. The predicted octanol–water partition coefficient (Wildman–Crippen LogP) is 3.26. The van der Waals surface area contributed by atoms with Crippen LogP contribution >= 0.6 is 15.9 Å². The van der Waals surface area contributed by atoms with E-state index in [0.29, 0.717) is 11.4 Å². The molecule has 1 aromatic carbocycles. The molecule has 6 heteroatoms. The first-order valence-corrected chi connectivity index (χ1v) is 7.88. The lowest BCUT2D eigenvalue weighted by Gasteiger charge is -2.10. The maximum Gasteiger partial charge on any atom is 0.263 e. The van der Waals surface area contributed by atoms with Crippen LogP contribution in [-0.4, -0.2) is 13.4 Å². The fourth-order valence-corrected chi connectivity index (χ4v) is 3.35. The number of halogens is 1. The molecule has 0 fully saturated rings. The maximum atomic E-state index is 12.3. The molecule has 2 aromatic rings. The van der Waals surface area contributed by atoms with Crippen LogP contribution in [0.2, 0.25) is 0 Å². The van der Waals surface area contributed by atoms with Gasteiger partial charge < -0.3 is 0 Å². The van der Waals surface area contributed by atoms with Gasteiger partial charge in [0.25, 0.3) is 10.0 Å². The van der Waals surface area contributed by atoms with E-state index in [9.17, 15) is 8.42 Å². The topological polar surface area (TPSA) is 59.1 Å². The Balaban J connectivity index is 2.35. The summed E-state index contributed by atoms with van der Waals surface area (Å²) in [6.07, 6.45) is 1.62. The summed E-state index contributed by atoms with van der Waals surface area (Å²) in [7, 11) is -3.61. The van der Waals surface area contributed by atoms with Crippen LogP contribution in [-0.2, 0) is 10.0 Å². The second-order valence-electron chi connectivity index (χ2n) is 4.24. The van der Waals surface area contributed by atoms with Crippen molar-refractivity contribution in [2.75, 3.05) is 4.72 Å². The van der Waals surface area contributed by atoms with E-state index in [2.05, 4.69) is 25.6 Å². The molecule has 0 saturated carbocycles. The lowest BCUT2D eigenvalue weighted by molar-refractivity contribution is 0.600. The first-order chi connectivity index (χ1) is 8.88. The molecule has 0 amide bonds. The smallest absolute Gasteiger partial charge is 0.263 e. The molecular weight excluding hydrogens is 328 g/mol. The molecule has 0 radical (unpaired) electrons. The molecule has 1 heterocycles. The third kappa shape index (κ3) is 3.33. The van der Waals surface area contributed by atoms with Crippen LogP contribution in [0.3, 0.4) is 0 Å². The summed E-state index contributed by atoms with van der Waals surface area (Å²) in [6, 6.07) is 8.47. The number of aryl methyl sites for hydroxylation is 2. The molecule has 0 aliphatic heterocycles. The Bertz CT molecular complexity index is 697. The average molecular weight is 341 g/mol. The number of aromatic nitrogens is 1. The van der Waals surface area contributed by atoms with Crippen LogP contribution in [0.5, 0.6) is 0 Å². The fourth-order valence-electron chi connectivity index (χ4n) is 1.64. The van der Waals surface area contributed by atoms with Crippen molar-refractivity contribution < 1.29 is 8.42 Å². The lowest BCUT2D eigenvalue weighted by Crippen LogP contribution is -2.15. The Morgan fingerprint density at radius 2 is 1.89 bits per heavy atom. The van der Waals surface area contributed by atoms with Gasteiger partial charge in [-0.1, -0.05) is 22.0 Å². The summed E-state index contributed by atoms with van der Waals surface area (Å²) in [6.45, 7) is 3.64.